The van der Waals surface area contributed by atoms with Crippen LogP contribution in [0, 0.1) is 13.8 Å². The highest BCUT2D eigenvalue weighted by Crippen LogP contribution is 2.23. The van der Waals surface area contributed by atoms with E-state index in [-0.39, 0.29) is 5.91 Å². The summed E-state index contributed by atoms with van der Waals surface area (Å²) in [5, 5.41) is 8.78. The molecular weight excluding hydrogens is 416 g/mol. The van der Waals surface area contributed by atoms with Crippen LogP contribution in [0.1, 0.15) is 21.7 Å². The minimum atomic E-state index is -0.123. The van der Waals surface area contributed by atoms with E-state index in [1.165, 1.54) is 10.8 Å². The Morgan fingerprint density at radius 1 is 1.11 bits per heavy atom. The van der Waals surface area contributed by atoms with Gasteiger partial charge < -0.3 is 10.6 Å². The van der Waals surface area contributed by atoms with E-state index in [2.05, 4.69) is 55.8 Å². The van der Waals surface area contributed by atoms with Gasteiger partial charge >= 0.3 is 0 Å². The molecule has 0 saturated carbocycles. The molecule has 0 aliphatic rings. The summed E-state index contributed by atoms with van der Waals surface area (Å²) < 4.78 is 2.73. The lowest BCUT2D eigenvalue weighted by molar-refractivity contribution is 0.0948. The summed E-state index contributed by atoms with van der Waals surface area (Å²) in [6.45, 7) is 5.01. The number of benzene rings is 2. The smallest absolute Gasteiger partial charge is 0.270 e. The van der Waals surface area contributed by atoms with Gasteiger partial charge in [-0.25, -0.2) is 4.98 Å². The third-order valence-corrected chi connectivity index (χ3v) is 5.30. The molecular formula is C22H21BrN4O. The summed E-state index contributed by atoms with van der Waals surface area (Å²) in [4.78, 5) is 17.3. The maximum Gasteiger partial charge on any atom is 0.270 e. The minimum Gasteiger partial charge on any atom is -0.383 e. The number of rotatable bonds is 5. The van der Waals surface area contributed by atoms with Crippen LogP contribution in [0.15, 0.2) is 59.2 Å². The minimum absolute atomic E-state index is 0.123. The van der Waals surface area contributed by atoms with Crippen LogP contribution in [0.2, 0.25) is 0 Å². The van der Waals surface area contributed by atoms with Gasteiger partial charge in [0, 0.05) is 30.4 Å². The second-order valence-electron chi connectivity index (χ2n) is 6.81. The van der Waals surface area contributed by atoms with Crippen molar-refractivity contribution < 1.29 is 4.79 Å². The van der Waals surface area contributed by atoms with E-state index in [9.17, 15) is 4.79 Å². The Kier molecular flexibility index (Phi) is 5.05. The molecule has 0 spiro atoms. The number of carbonyl (C=O) groups is 1. The Hall–Kier alpha value is -2.86. The van der Waals surface area contributed by atoms with Crippen molar-refractivity contribution in [3.05, 3.63) is 76.2 Å². The molecule has 4 aromatic rings. The molecule has 2 aromatic heterocycles. The van der Waals surface area contributed by atoms with E-state index in [4.69, 9.17) is 0 Å². The Morgan fingerprint density at radius 3 is 2.75 bits per heavy atom. The van der Waals surface area contributed by atoms with Crippen molar-refractivity contribution in [1.29, 1.82) is 0 Å². The number of carbonyl (C=O) groups excluding carboxylic acids is 1. The fourth-order valence-electron chi connectivity index (χ4n) is 3.46. The van der Waals surface area contributed by atoms with Gasteiger partial charge in [0.1, 0.15) is 5.69 Å². The summed E-state index contributed by atoms with van der Waals surface area (Å²) in [6.07, 6.45) is 1.93. The molecule has 5 nitrogen and oxygen atoms in total. The molecule has 0 atom stereocenters. The lowest BCUT2D eigenvalue weighted by Gasteiger charge is -2.11. The highest BCUT2D eigenvalue weighted by Gasteiger charge is 2.17. The molecule has 2 N–H and O–H groups in total. The average Bonchev–Trinajstić information content (AvgIpc) is 3.01. The SMILES string of the molecule is Cc1cc(Br)c2nc(C)c(C(=O)NCCNc3cccc4ccccc34)n2c1. The number of hydrogen-bond acceptors (Lipinski definition) is 3. The molecule has 0 radical (unpaired) electrons. The number of nitrogens with zero attached hydrogens (tertiary/aromatic N) is 2. The van der Waals surface area contributed by atoms with E-state index < -0.39 is 0 Å². The first kappa shape index (κ1) is 18.5. The zero-order valence-corrected chi connectivity index (χ0v) is 17.4. The molecule has 2 aromatic carbocycles. The van der Waals surface area contributed by atoms with Gasteiger partial charge in [-0.1, -0.05) is 36.4 Å². The quantitative estimate of drug-likeness (QED) is 0.445. The van der Waals surface area contributed by atoms with Gasteiger partial charge in [-0.2, -0.15) is 0 Å². The van der Waals surface area contributed by atoms with Crippen LogP contribution in [0.4, 0.5) is 5.69 Å². The van der Waals surface area contributed by atoms with Crippen molar-refractivity contribution in [2.24, 2.45) is 0 Å². The molecule has 0 bridgehead atoms. The second-order valence-corrected chi connectivity index (χ2v) is 7.67. The largest absolute Gasteiger partial charge is 0.383 e. The van der Waals surface area contributed by atoms with E-state index in [1.807, 2.05) is 48.7 Å². The van der Waals surface area contributed by atoms with Gasteiger partial charge in [0.2, 0.25) is 0 Å². The molecule has 0 unspecified atom stereocenters. The van der Waals surface area contributed by atoms with Crippen LogP contribution in [0.3, 0.4) is 0 Å². The van der Waals surface area contributed by atoms with Gasteiger partial charge in [-0.3, -0.25) is 9.20 Å². The molecule has 0 aliphatic heterocycles. The Balaban J connectivity index is 1.45. The molecule has 2 heterocycles. The van der Waals surface area contributed by atoms with Gasteiger partial charge in [0.15, 0.2) is 5.65 Å². The third-order valence-electron chi connectivity index (χ3n) is 4.72. The number of aryl methyl sites for hydroxylation is 2. The summed E-state index contributed by atoms with van der Waals surface area (Å²) >= 11 is 3.53. The standard InChI is InChI=1S/C22H21BrN4O/c1-14-12-18(23)21-26-15(2)20(27(21)13-14)22(28)25-11-10-24-19-9-5-7-16-6-3-4-8-17(16)19/h3-9,12-13,24H,10-11H2,1-2H3,(H,25,28). The third kappa shape index (κ3) is 3.47. The molecule has 0 aliphatic carbocycles. The predicted octanol–water partition coefficient (Wildman–Crippen LogP) is 4.71. The zero-order valence-electron chi connectivity index (χ0n) is 15.8. The second kappa shape index (κ2) is 7.64. The Morgan fingerprint density at radius 2 is 1.89 bits per heavy atom. The number of fused-ring (bicyclic) bond motifs is 2. The summed E-state index contributed by atoms with van der Waals surface area (Å²) in [5.74, 6) is -0.123. The molecule has 4 rings (SSSR count). The Labute approximate surface area is 171 Å². The average molecular weight is 437 g/mol. The normalized spacial score (nSPS) is 11.1. The lowest BCUT2D eigenvalue weighted by Crippen LogP contribution is -2.30. The van der Waals surface area contributed by atoms with Crippen LogP contribution in [0.5, 0.6) is 0 Å². The zero-order chi connectivity index (χ0) is 19.7. The first-order valence-electron chi connectivity index (χ1n) is 9.19. The molecule has 28 heavy (non-hydrogen) atoms. The van der Waals surface area contributed by atoms with Crippen LogP contribution in [-0.4, -0.2) is 28.4 Å². The van der Waals surface area contributed by atoms with Gasteiger partial charge in [-0.15, -0.1) is 0 Å². The molecule has 6 heteroatoms. The molecule has 0 saturated heterocycles. The predicted molar refractivity (Wildman–Crippen MR) is 117 cm³/mol. The maximum absolute atomic E-state index is 12.8. The van der Waals surface area contributed by atoms with Crippen molar-refractivity contribution >= 4 is 43.9 Å². The summed E-state index contributed by atoms with van der Waals surface area (Å²) in [5.41, 5.74) is 4.17. The molecule has 0 fully saturated rings. The first-order chi connectivity index (χ1) is 13.5. The van der Waals surface area contributed by atoms with Crippen LogP contribution in [0.25, 0.3) is 16.4 Å². The summed E-state index contributed by atoms with van der Waals surface area (Å²) in [7, 11) is 0. The highest BCUT2D eigenvalue weighted by molar-refractivity contribution is 9.10. The van der Waals surface area contributed by atoms with Crippen molar-refractivity contribution in [3.63, 3.8) is 0 Å². The first-order valence-corrected chi connectivity index (χ1v) is 9.98. The fraction of sp³-hybridized carbons (Fsp3) is 0.182. The Bertz CT molecular complexity index is 1180. The van der Waals surface area contributed by atoms with Crippen LogP contribution < -0.4 is 10.6 Å². The number of pyridine rings is 1. The van der Waals surface area contributed by atoms with Crippen LogP contribution >= 0.6 is 15.9 Å². The topological polar surface area (TPSA) is 58.4 Å². The van der Waals surface area contributed by atoms with Crippen molar-refractivity contribution in [2.45, 2.75) is 13.8 Å². The fourth-order valence-corrected chi connectivity index (χ4v) is 4.10. The molecule has 142 valence electrons. The van der Waals surface area contributed by atoms with Gasteiger partial charge in [-0.05, 0) is 52.9 Å². The van der Waals surface area contributed by atoms with Gasteiger partial charge in [0.05, 0.1) is 10.2 Å². The van der Waals surface area contributed by atoms with Crippen molar-refractivity contribution in [1.82, 2.24) is 14.7 Å². The number of aromatic nitrogens is 2. The number of anilines is 1. The van der Waals surface area contributed by atoms with Gasteiger partial charge in [0.25, 0.3) is 5.91 Å². The van der Waals surface area contributed by atoms with Crippen molar-refractivity contribution in [2.75, 3.05) is 18.4 Å². The number of hydrogen-bond donors (Lipinski definition) is 2. The number of halogens is 1. The van der Waals surface area contributed by atoms with Crippen molar-refractivity contribution in [3.8, 4) is 0 Å². The summed E-state index contributed by atoms with van der Waals surface area (Å²) in [6, 6.07) is 16.4. The van der Waals surface area contributed by atoms with Crippen LogP contribution in [-0.2, 0) is 0 Å². The highest BCUT2D eigenvalue weighted by atomic mass is 79.9. The lowest BCUT2D eigenvalue weighted by atomic mass is 10.1. The van der Waals surface area contributed by atoms with E-state index in [1.54, 1.807) is 0 Å². The van der Waals surface area contributed by atoms with E-state index >= 15 is 0 Å². The number of nitrogens with one attached hydrogen (secondary N) is 2. The van der Waals surface area contributed by atoms with E-state index in [0.717, 1.165) is 21.4 Å². The number of amides is 1. The maximum atomic E-state index is 12.8. The molecule has 1 amide bonds. The van der Waals surface area contributed by atoms with E-state index in [0.29, 0.717) is 24.5 Å². The monoisotopic (exact) mass is 436 g/mol. The number of imidazole rings is 1.